The fraction of sp³-hybridized carbons (Fsp3) is 0. The zero-order valence-electron chi connectivity index (χ0n) is 39.9. The molecule has 0 atom stereocenters. The quantitative estimate of drug-likeness (QED) is 0.161. The van der Waals surface area contributed by atoms with Crippen molar-refractivity contribution in [3.63, 3.8) is 0 Å². The van der Waals surface area contributed by atoms with Crippen molar-refractivity contribution in [1.82, 2.24) is 13.7 Å². The molecule has 0 saturated carbocycles. The van der Waals surface area contributed by atoms with E-state index in [0.29, 0.717) is 0 Å². The van der Waals surface area contributed by atoms with Crippen LogP contribution in [-0.4, -0.2) is 27.1 Å². The van der Waals surface area contributed by atoms with Crippen LogP contribution in [0.2, 0.25) is 0 Å². The van der Waals surface area contributed by atoms with Crippen molar-refractivity contribution in [2.45, 2.75) is 19.6 Å². The average Bonchev–Trinajstić information content (AvgIpc) is 4.17. The van der Waals surface area contributed by atoms with E-state index in [1.807, 2.05) is 23.5 Å². The van der Waals surface area contributed by atoms with E-state index in [1.165, 1.54) is 169 Å². The Morgan fingerprint density at radius 2 is 0.707 bits per heavy atom. The normalized spacial score (nSPS) is 14.5. The lowest BCUT2D eigenvalue weighted by Gasteiger charge is -2.41. The second-order valence-corrected chi connectivity index (χ2v) is 23.3. The summed E-state index contributed by atoms with van der Waals surface area (Å²) >= 11 is 3.73. The van der Waals surface area contributed by atoms with Crippen molar-refractivity contribution in [3.05, 3.63) is 212 Å². The summed E-state index contributed by atoms with van der Waals surface area (Å²) in [4.78, 5) is 10.1. The number of para-hydroxylation sites is 8. The summed E-state index contributed by atoms with van der Waals surface area (Å²) in [5, 5.41) is 7.78. The van der Waals surface area contributed by atoms with Crippen molar-refractivity contribution < 1.29 is 0 Å². The second kappa shape index (κ2) is 13.3. The van der Waals surface area contributed by atoms with Crippen molar-refractivity contribution in [3.8, 4) is 17.1 Å². The summed E-state index contributed by atoms with van der Waals surface area (Å²) in [6, 6.07) is 81.1. The van der Waals surface area contributed by atoms with Crippen LogP contribution in [0.4, 0.5) is 34.1 Å². The van der Waals surface area contributed by atoms with Gasteiger partial charge in [-0.15, -0.1) is 0 Å². The lowest BCUT2D eigenvalue weighted by atomic mass is 9.30. The molecule has 6 aliphatic heterocycles. The highest BCUT2D eigenvalue weighted by molar-refractivity contribution is 8.00. The van der Waals surface area contributed by atoms with Gasteiger partial charge in [-0.25, -0.2) is 0 Å². The first-order valence-electron chi connectivity index (χ1n) is 26.0. The molecule has 0 bridgehead atoms. The van der Waals surface area contributed by atoms with E-state index in [0.717, 1.165) is 0 Å². The Hall–Kier alpha value is -8.75. The highest BCUT2D eigenvalue weighted by atomic mass is 32.2. The Labute approximate surface area is 439 Å². The number of fused-ring (bicyclic) bond motifs is 17. The van der Waals surface area contributed by atoms with Crippen LogP contribution in [0, 0.1) is 0 Å². The van der Waals surface area contributed by atoms with Gasteiger partial charge in [-0.05, 0) is 124 Å². The molecule has 14 aromatic rings. The van der Waals surface area contributed by atoms with Gasteiger partial charge >= 0.3 is 0 Å². The molecule has 9 heteroatoms. The molecule has 75 heavy (non-hydrogen) atoms. The molecule has 0 fully saturated rings. The number of nitrogens with zero attached hydrogens (tertiary/aromatic N) is 5. The third kappa shape index (κ3) is 4.49. The van der Waals surface area contributed by atoms with Crippen LogP contribution in [0.1, 0.15) is 0 Å². The molecule has 0 aliphatic carbocycles. The number of hydrogen-bond acceptors (Lipinski definition) is 4. The zero-order valence-corrected chi connectivity index (χ0v) is 41.5. The maximum absolute atomic E-state index is 2.74. The van der Waals surface area contributed by atoms with Crippen molar-refractivity contribution in [2.75, 3.05) is 9.80 Å². The van der Waals surface area contributed by atoms with Gasteiger partial charge in [0, 0.05) is 102 Å². The number of rotatable bonds is 2. The number of benzene rings is 11. The lowest BCUT2D eigenvalue weighted by Crippen LogP contribution is -2.66. The lowest BCUT2D eigenvalue weighted by molar-refractivity contribution is 1.11. The smallest absolute Gasteiger partial charge is 0.252 e. The third-order valence-electron chi connectivity index (χ3n) is 17.7. The molecule has 9 heterocycles. The molecule has 0 unspecified atom stereocenters. The van der Waals surface area contributed by atoms with E-state index < -0.39 is 0 Å². The minimum absolute atomic E-state index is 0.0125. The van der Waals surface area contributed by atoms with Crippen LogP contribution < -0.4 is 42.6 Å². The van der Waals surface area contributed by atoms with E-state index in [-0.39, 0.29) is 13.4 Å². The summed E-state index contributed by atoms with van der Waals surface area (Å²) in [6.07, 6.45) is 0. The molecule has 0 N–H and O–H groups in total. The maximum atomic E-state index is 2.74. The first kappa shape index (κ1) is 38.8. The van der Waals surface area contributed by atoms with E-state index in [4.69, 9.17) is 0 Å². The molecule has 0 radical (unpaired) electrons. The molecule has 3 aromatic heterocycles. The summed E-state index contributed by atoms with van der Waals surface area (Å²) in [7, 11) is 0. The van der Waals surface area contributed by atoms with E-state index in [2.05, 4.69) is 236 Å². The van der Waals surface area contributed by atoms with Gasteiger partial charge in [0.2, 0.25) is 0 Å². The van der Waals surface area contributed by atoms with Crippen LogP contribution in [0.3, 0.4) is 0 Å². The Morgan fingerprint density at radius 1 is 0.280 bits per heavy atom. The van der Waals surface area contributed by atoms with Crippen LogP contribution in [0.15, 0.2) is 232 Å². The molecular formula is C66H35B2N5S2. The molecule has 0 saturated heterocycles. The Kier molecular flexibility index (Phi) is 6.89. The van der Waals surface area contributed by atoms with E-state index in [1.54, 1.807) is 0 Å². The highest BCUT2D eigenvalue weighted by Gasteiger charge is 2.49. The standard InChI is InChI=1S/C66H35B2N5S2/c1-2-21-48-38(14-1)39-15-11-19-45-62(39)71(48)55-35-54-60-66-61(55)68(45)47-34-37(70-52-24-5-9-28-58(52)75-59-29-10-6-25-53(59)70)33-43-41-17-13-20-46(64(41)73(66)65(43)47)67(60)44-18-12-16-40-42-32-36(30-31-49(42)72(54)63(40)44)69-50-22-3-7-26-56(50)74-57-27-8-4-23-51(57)69/h1-35H. The fourth-order valence-corrected chi connectivity index (χ4v) is 17.2. The Bertz CT molecular complexity index is 4990. The van der Waals surface area contributed by atoms with Crippen molar-refractivity contribution in [2.24, 2.45) is 0 Å². The number of aromatic nitrogens is 3. The van der Waals surface area contributed by atoms with E-state index >= 15 is 0 Å². The molecule has 0 spiro atoms. The number of hydrogen-bond donors (Lipinski definition) is 0. The fourth-order valence-electron chi connectivity index (χ4n) is 15.1. The Morgan fingerprint density at radius 3 is 1.29 bits per heavy atom. The van der Waals surface area contributed by atoms with Gasteiger partial charge in [-0.1, -0.05) is 145 Å². The van der Waals surface area contributed by atoms with Gasteiger partial charge < -0.3 is 23.5 Å². The van der Waals surface area contributed by atoms with Gasteiger partial charge in [0.1, 0.15) is 0 Å². The molecule has 6 aliphatic rings. The predicted octanol–water partition coefficient (Wildman–Crippen LogP) is 13.1. The Balaban J connectivity index is 0.934. The number of anilines is 6. The average molecular weight is 984 g/mol. The summed E-state index contributed by atoms with van der Waals surface area (Å²) < 4.78 is 8.04. The predicted molar refractivity (Wildman–Crippen MR) is 316 cm³/mol. The van der Waals surface area contributed by atoms with Gasteiger partial charge in [0.15, 0.2) is 0 Å². The molecule has 0 amide bonds. The monoisotopic (exact) mass is 983 g/mol. The second-order valence-electron chi connectivity index (χ2n) is 21.1. The molecule has 20 rings (SSSR count). The molecule has 5 nitrogen and oxygen atoms in total. The van der Waals surface area contributed by atoms with Gasteiger partial charge in [0.25, 0.3) is 13.4 Å². The molecular weight excluding hydrogens is 949 g/mol. The minimum Gasteiger partial charge on any atom is -0.311 e. The van der Waals surface area contributed by atoms with Gasteiger partial charge in [-0.3, -0.25) is 0 Å². The SMILES string of the molecule is c1ccc2c(c1)Sc1ccccc1N2c1ccc2c(c1)c1cccc3c1n2-c1cc2c4c5c1B3c1cccc3c6cc(N7c8ccccc8Sc8ccccc87)cc(c6n-5c13)B4c1cccc3c4ccccc4n-2c13. The summed E-state index contributed by atoms with van der Waals surface area (Å²) in [6.45, 7) is 0.0124. The van der Waals surface area contributed by atoms with Gasteiger partial charge in [-0.2, -0.15) is 0 Å². The minimum atomic E-state index is -0.0125. The first-order chi connectivity index (χ1) is 37.2. The maximum Gasteiger partial charge on any atom is 0.252 e. The zero-order chi connectivity index (χ0) is 48.1. The summed E-state index contributed by atoms with van der Waals surface area (Å²) in [5.41, 5.74) is 27.2. The van der Waals surface area contributed by atoms with Crippen LogP contribution in [0.5, 0.6) is 0 Å². The van der Waals surface area contributed by atoms with Crippen molar-refractivity contribution >= 4 is 169 Å². The van der Waals surface area contributed by atoms with Gasteiger partial charge in [0.05, 0.1) is 33.8 Å². The van der Waals surface area contributed by atoms with Crippen LogP contribution >= 0.6 is 23.5 Å². The third-order valence-corrected chi connectivity index (χ3v) is 20.0. The molecule has 342 valence electrons. The van der Waals surface area contributed by atoms with Crippen LogP contribution in [0.25, 0.3) is 82.5 Å². The van der Waals surface area contributed by atoms with Crippen molar-refractivity contribution in [1.29, 1.82) is 0 Å². The first-order valence-corrected chi connectivity index (χ1v) is 27.6. The summed E-state index contributed by atoms with van der Waals surface area (Å²) in [5.74, 6) is 0. The largest absolute Gasteiger partial charge is 0.311 e. The molecule has 11 aromatic carbocycles. The van der Waals surface area contributed by atoms with E-state index in [9.17, 15) is 0 Å². The topological polar surface area (TPSA) is 21.3 Å². The highest BCUT2D eigenvalue weighted by Crippen LogP contribution is 2.54. The van der Waals surface area contributed by atoms with Crippen LogP contribution in [-0.2, 0) is 0 Å².